The summed E-state index contributed by atoms with van der Waals surface area (Å²) in [6.07, 6.45) is 2.15. The van der Waals surface area contributed by atoms with Gasteiger partial charge in [0, 0.05) is 19.7 Å². The number of hydrogen-bond acceptors (Lipinski definition) is 2. The summed E-state index contributed by atoms with van der Waals surface area (Å²) in [5.74, 6) is 0.582. The van der Waals surface area contributed by atoms with Crippen molar-refractivity contribution in [3.8, 4) is 0 Å². The van der Waals surface area contributed by atoms with Gasteiger partial charge in [0.15, 0.2) is 9.04 Å². The molecule has 1 unspecified atom stereocenters. The van der Waals surface area contributed by atoms with E-state index < -0.39 is 9.04 Å². The van der Waals surface area contributed by atoms with E-state index in [1.54, 1.807) is 0 Å². The molecule has 0 bridgehead atoms. The maximum absolute atomic E-state index is 11.9. The van der Waals surface area contributed by atoms with Crippen LogP contribution in [0.3, 0.4) is 0 Å². The molecule has 1 aliphatic rings. The van der Waals surface area contributed by atoms with E-state index >= 15 is 0 Å². The van der Waals surface area contributed by atoms with Crippen LogP contribution in [-0.4, -0.2) is 39.5 Å². The molecule has 0 radical (unpaired) electrons. The van der Waals surface area contributed by atoms with E-state index in [1.807, 2.05) is 4.90 Å². The Morgan fingerprint density at radius 3 is 2.47 bits per heavy atom. The lowest BCUT2D eigenvalue weighted by Gasteiger charge is -2.45. The molecule has 0 aromatic carbocycles. The minimum Gasteiger partial charge on any atom is -0.421 e. The third-order valence-corrected chi connectivity index (χ3v) is 4.23. The van der Waals surface area contributed by atoms with Gasteiger partial charge >= 0.3 is 0 Å². The summed E-state index contributed by atoms with van der Waals surface area (Å²) < 4.78 is 5.61. The van der Waals surface area contributed by atoms with Crippen LogP contribution in [-0.2, 0) is 9.22 Å². The van der Waals surface area contributed by atoms with Crippen molar-refractivity contribution in [1.29, 1.82) is 0 Å². The second-order valence-electron chi connectivity index (χ2n) is 6.33. The van der Waals surface area contributed by atoms with E-state index in [-0.39, 0.29) is 11.3 Å². The van der Waals surface area contributed by atoms with Crippen LogP contribution in [0.25, 0.3) is 0 Å². The molecule has 0 aromatic rings. The molecule has 1 fully saturated rings. The number of hydrogen-bond donors (Lipinski definition) is 0. The van der Waals surface area contributed by atoms with Gasteiger partial charge in [0.1, 0.15) is 0 Å². The van der Waals surface area contributed by atoms with Crippen molar-refractivity contribution in [1.82, 2.24) is 4.90 Å². The first-order valence-electron chi connectivity index (χ1n) is 6.72. The molecule has 0 aliphatic carbocycles. The summed E-state index contributed by atoms with van der Waals surface area (Å²) in [6, 6.07) is 0. The van der Waals surface area contributed by atoms with Gasteiger partial charge in [0.05, 0.1) is 5.92 Å². The van der Waals surface area contributed by atoms with Gasteiger partial charge in [0.2, 0.25) is 5.91 Å². The van der Waals surface area contributed by atoms with E-state index in [4.69, 9.17) is 4.43 Å². The van der Waals surface area contributed by atoms with Gasteiger partial charge in [-0.1, -0.05) is 20.8 Å². The minimum atomic E-state index is -0.857. The summed E-state index contributed by atoms with van der Waals surface area (Å²) in [5.41, 5.74) is 0.125. The third-order valence-electron chi connectivity index (χ3n) is 3.33. The number of β-lactam (4-membered cyclic amide) rings is 1. The van der Waals surface area contributed by atoms with Crippen LogP contribution >= 0.6 is 0 Å². The average molecular weight is 257 g/mol. The van der Waals surface area contributed by atoms with Gasteiger partial charge < -0.3 is 9.33 Å². The second-order valence-corrected chi connectivity index (χ2v) is 8.76. The molecule has 1 atom stereocenters. The molecule has 1 heterocycles. The molecule has 0 spiro atoms. The highest BCUT2D eigenvalue weighted by atomic mass is 28.3. The van der Waals surface area contributed by atoms with Crippen LogP contribution in [0, 0.1) is 11.3 Å². The van der Waals surface area contributed by atoms with Crippen molar-refractivity contribution in [3.63, 3.8) is 0 Å². The SMILES string of the molecule is C[SiH](C)OCCCCN1CC(C(C)(C)C)C1=O. The zero-order valence-electron chi connectivity index (χ0n) is 12.0. The number of carbonyl (C=O) groups is 1. The molecule has 17 heavy (non-hydrogen) atoms. The molecule has 100 valence electrons. The zero-order valence-corrected chi connectivity index (χ0v) is 13.1. The lowest BCUT2D eigenvalue weighted by Crippen LogP contribution is -2.57. The largest absolute Gasteiger partial charge is 0.421 e. The Hall–Kier alpha value is -0.353. The van der Waals surface area contributed by atoms with E-state index in [2.05, 4.69) is 33.9 Å². The van der Waals surface area contributed by atoms with E-state index in [0.717, 1.165) is 32.5 Å². The summed E-state index contributed by atoms with van der Waals surface area (Å²) in [6.45, 7) is 13.5. The molecule has 1 amide bonds. The van der Waals surface area contributed by atoms with Crippen molar-refractivity contribution in [2.45, 2.75) is 46.7 Å². The number of carbonyl (C=O) groups excluding carboxylic acids is 1. The first-order valence-corrected chi connectivity index (χ1v) is 9.51. The van der Waals surface area contributed by atoms with Crippen LogP contribution in [0.2, 0.25) is 13.1 Å². The Balaban J connectivity index is 2.10. The molecule has 1 aliphatic heterocycles. The van der Waals surface area contributed by atoms with Gasteiger partial charge in [-0.25, -0.2) is 0 Å². The number of amides is 1. The molecular weight excluding hydrogens is 230 g/mol. The first-order chi connectivity index (χ1) is 7.82. The maximum atomic E-state index is 11.9. The number of likely N-dealkylation sites (tertiary alicyclic amines) is 1. The number of rotatable bonds is 6. The van der Waals surface area contributed by atoms with E-state index in [1.165, 1.54) is 0 Å². The van der Waals surface area contributed by atoms with Crippen molar-refractivity contribution in [2.24, 2.45) is 11.3 Å². The monoisotopic (exact) mass is 257 g/mol. The topological polar surface area (TPSA) is 29.5 Å². The maximum Gasteiger partial charge on any atom is 0.228 e. The van der Waals surface area contributed by atoms with Crippen molar-refractivity contribution < 1.29 is 9.22 Å². The van der Waals surface area contributed by atoms with Crippen molar-refractivity contribution in [2.75, 3.05) is 19.7 Å². The van der Waals surface area contributed by atoms with Crippen LogP contribution in [0.15, 0.2) is 0 Å². The zero-order chi connectivity index (χ0) is 13.1. The predicted octanol–water partition coefficient (Wildman–Crippen LogP) is 2.27. The highest BCUT2D eigenvalue weighted by molar-refractivity contribution is 6.48. The minimum absolute atomic E-state index is 0.125. The summed E-state index contributed by atoms with van der Waals surface area (Å²) in [4.78, 5) is 13.9. The average Bonchev–Trinajstić information content (AvgIpc) is 2.18. The lowest BCUT2D eigenvalue weighted by atomic mass is 9.75. The van der Waals surface area contributed by atoms with E-state index in [9.17, 15) is 4.79 Å². The van der Waals surface area contributed by atoms with Gasteiger partial charge in [-0.3, -0.25) is 4.79 Å². The molecule has 0 N–H and O–H groups in total. The Morgan fingerprint density at radius 2 is 2.00 bits per heavy atom. The lowest BCUT2D eigenvalue weighted by molar-refractivity contribution is -0.154. The Morgan fingerprint density at radius 1 is 1.35 bits per heavy atom. The molecule has 0 saturated carbocycles. The Labute approximate surface area is 107 Å². The van der Waals surface area contributed by atoms with Gasteiger partial charge in [0.25, 0.3) is 0 Å². The molecule has 3 nitrogen and oxygen atoms in total. The van der Waals surface area contributed by atoms with Crippen molar-refractivity contribution >= 4 is 14.9 Å². The fourth-order valence-electron chi connectivity index (χ4n) is 2.07. The summed E-state index contributed by atoms with van der Waals surface area (Å²) in [5, 5.41) is 0. The van der Waals surface area contributed by atoms with E-state index in [0.29, 0.717) is 5.91 Å². The smallest absolute Gasteiger partial charge is 0.228 e. The predicted molar refractivity (Wildman–Crippen MR) is 73.6 cm³/mol. The second kappa shape index (κ2) is 6.00. The van der Waals surface area contributed by atoms with Crippen LogP contribution in [0.4, 0.5) is 0 Å². The first kappa shape index (κ1) is 14.7. The molecular formula is C13H27NO2Si. The van der Waals surface area contributed by atoms with Gasteiger partial charge in [-0.2, -0.15) is 0 Å². The fraction of sp³-hybridized carbons (Fsp3) is 0.923. The molecule has 1 saturated heterocycles. The van der Waals surface area contributed by atoms with Crippen molar-refractivity contribution in [3.05, 3.63) is 0 Å². The fourth-order valence-corrected chi connectivity index (χ4v) is 2.70. The standard InChI is InChI=1S/C13H27NO2Si/c1-13(2,3)11-10-14(12(11)15)8-6-7-9-16-17(4)5/h11,17H,6-10H2,1-5H3. The van der Waals surface area contributed by atoms with Gasteiger partial charge in [-0.05, 0) is 31.4 Å². The third kappa shape index (κ3) is 4.43. The van der Waals surface area contributed by atoms with Crippen LogP contribution in [0.5, 0.6) is 0 Å². The normalized spacial score (nSPS) is 20.9. The Kier molecular flexibility index (Phi) is 5.19. The molecule has 4 heteroatoms. The van der Waals surface area contributed by atoms with Crippen LogP contribution < -0.4 is 0 Å². The van der Waals surface area contributed by atoms with Crippen LogP contribution in [0.1, 0.15) is 33.6 Å². The molecule has 1 rings (SSSR count). The summed E-state index contributed by atoms with van der Waals surface area (Å²) >= 11 is 0. The quantitative estimate of drug-likeness (QED) is 0.415. The molecule has 0 aromatic heterocycles. The highest BCUT2D eigenvalue weighted by Gasteiger charge is 2.43. The summed E-state index contributed by atoms with van der Waals surface area (Å²) in [7, 11) is -0.857. The van der Waals surface area contributed by atoms with Gasteiger partial charge in [-0.15, -0.1) is 0 Å². The number of unbranched alkanes of at least 4 members (excludes halogenated alkanes) is 1. The highest BCUT2D eigenvalue weighted by Crippen LogP contribution is 2.34. The Bertz CT molecular complexity index is 261. The number of nitrogens with zero attached hydrogens (tertiary/aromatic N) is 1.